The molecule has 0 bridgehead atoms. The van der Waals surface area contributed by atoms with E-state index in [9.17, 15) is 24.5 Å². The van der Waals surface area contributed by atoms with E-state index in [1.54, 1.807) is 0 Å². The van der Waals surface area contributed by atoms with Crippen LogP contribution in [0.15, 0.2) is 24.8 Å². The Hall–Kier alpha value is -3.77. The Labute approximate surface area is 145 Å². The van der Waals surface area contributed by atoms with Gasteiger partial charge in [-0.15, -0.1) is 0 Å². The maximum absolute atomic E-state index is 11.7. The average molecular weight is 365 g/mol. The number of carboxylic acids is 1. The van der Waals surface area contributed by atoms with Crippen LogP contribution >= 0.6 is 0 Å². The number of hydrogen-bond acceptors (Lipinski definition) is 7. The number of aromatic carboxylic acids is 1. The highest BCUT2D eigenvalue weighted by molar-refractivity contribution is 5.87. The van der Waals surface area contributed by atoms with E-state index in [2.05, 4.69) is 20.8 Å². The van der Waals surface area contributed by atoms with Crippen LogP contribution in [0.2, 0.25) is 0 Å². The second kappa shape index (κ2) is 8.36. The number of carbonyl (C=O) groups excluding carboxylic acids is 2. The molecule has 0 atom stereocenters. The van der Waals surface area contributed by atoms with E-state index in [0.29, 0.717) is 0 Å². The summed E-state index contributed by atoms with van der Waals surface area (Å²) in [6.07, 6.45) is 4.54. The number of rotatable bonds is 9. The first-order valence-corrected chi connectivity index (χ1v) is 7.31. The van der Waals surface area contributed by atoms with Crippen LogP contribution in [0.1, 0.15) is 10.4 Å². The van der Waals surface area contributed by atoms with E-state index in [4.69, 9.17) is 5.11 Å². The van der Waals surface area contributed by atoms with Gasteiger partial charge >= 0.3 is 11.7 Å². The normalized spacial score (nSPS) is 10.3. The molecular formula is C13H15N7O6. The van der Waals surface area contributed by atoms with Crippen molar-refractivity contribution in [2.45, 2.75) is 13.1 Å². The number of carboxylic acid groups (broad SMARTS) is 1. The Kier molecular flexibility index (Phi) is 5.97. The van der Waals surface area contributed by atoms with Gasteiger partial charge in [0.05, 0.1) is 16.7 Å². The third-order valence-electron chi connectivity index (χ3n) is 3.09. The fourth-order valence-electron chi connectivity index (χ4n) is 1.90. The van der Waals surface area contributed by atoms with Crippen molar-refractivity contribution in [2.75, 3.05) is 13.1 Å². The largest absolute Gasteiger partial charge is 0.478 e. The molecule has 0 aliphatic rings. The van der Waals surface area contributed by atoms with E-state index < -0.39 is 22.7 Å². The topological polar surface area (TPSA) is 174 Å². The molecule has 2 aromatic rings. The molecule has 0 saturated heterocycles. The summed E-state index contributed by atoms with van der Waals surface area (Å²) in [7, 11) is 0. The lowest BCUT2D eigenvalue weighted by Gasteiger charge is -2.07. The van der Waals surface area contributed by atoms with Crippen LogP contribution in [0.25, 0.3) is 0 Å². The molecule has 3 N–H and O–H groups in total. The van der Waals surface area contributed by atoms with Crippen LogP contribution in [-0.4, -0.2) is 60.5 Å². The lowest BCUT2D eigenvalue weighted by Crippen LogP contribution is -2.37. The van der Waals surface area contributed by atoms with Gasteiger partial charge in [0.25, 0.3) is 0 Å². The van der Waals surface area contributed by atoms with Crippen molar-refractivity contribution < 1.29 is 24.4 Å². The van der Waals surface area contributed by atoms with Crippen LogP contribution < -0.4 is 10.6 Å². The molecule has 26 heavy (non-hydrogen) atoms. The Bertz CT molecular complexity index is 758. The summed E-state index contributed by atoms with van der Waals surface area (Å²) < 4.78 is 2.31. The van der Waals surface area contributed by atoms with Crippen LogP contribution in [0.3, 0.4) is 0 Å². The van der Waals surface area contributed by atoms with Crippen molar-refractivity contribution in [1.29, 1.82) is 0 Å². The molecule has 2 rings (SSSR count). The quantitative estimate of drug-likeness (QED) is 0.277. The fourth-order valence-corrected chi connectivity index (χ4v) is 1.90. The summed E-state index contributed by atoms with van der Waals surface area (Å²) in [5.41, 5.74) is -0.237. The Balaban J connectivity index is 1.65. The molecule has 2 amide bonds. The first-order valence-electron chi connectivity index (χ1n) is 7.31. The molecule has 13 nitrogen and oxygen atoms in total. The molecule has 138 valence electrons. The minimum atomic E-state index is -1.14. The SMILES string of the molecule is O=C(Cn1cc(C(=O)O)cn1)NCCNC(=O)Cn1cc([N+](=O)[O-])cn1. The van der Waals surface area contributed by atoms with E-state index in [-0.39, 0.29) is 37.4 Å². The maximum atomic E-state index is 11.7. The molecule has 2 heterocycles. The van der Waals surface area contributed by atoms with Crippen molar-refractivity contribution in [1.82, 2.24) is 30.2 Å². The highest BCUT2D eigenvalue weighted by atomic mass is 16.6. The van der Waals surface area contributed by atoms with Gasteiger partial charge in [0.15, 0.2) is 0 Å². The predicted molar refractivity (Wildman–Crippen MR) is 84.1 cm³/mol. The third kappa shape index (κ3) is 5.40. The summed E-state index contributed by atoms with van der Waals surface area (Å²) >= 11 is 0. The van der Waals surface area contributed by atoms with Crippen molar-refractivity contribution in [3.63, 3.8) is 0 Å². The van der Waals surface area contributed by atoms with Gasteiger partial charge in [-0.05, 0) is 0 Å². The molecule has 0 aliphatic carbocycles. The first-order chi connectivity index (χ1) is 12.3. The molecule has 13 heteroatoms. The highest BCUT2D eigenvalue weighted by Gasteiger charge is 2.11. The fraction of sp³-hybridized carbons (Fsp3) is 0.308. The van der Waals surface area contributed by atoms with Crippen LogP contribution in [0.5, 0.6) is 0 Å². The first kappa shape index (κ1) is 18.6. The Morgan fingerprint density at radius 1 is 1.04 bits per heavy atom. The second-order valence-electron chi connectivity index (χ2n) is 5.08. The van der Waals surface area contributed by atoms with E-state index >= 15 is 0 Å². The number of hydrogen-bond donors (Lipinski definition) is 3. The molecule has 0 radical (unpaired) electrons. The lowest BCUT2D eigenvalue weighted by molar-refractivity contribution is -0.385. The molecule has 0 fully saturated rings. The minimum Gasteiger partial charge on any atom is -0.478 e. The van der Waals surface area contributed by atoms with Crippen LogP contribution in [0.4, 0.5) is 5.69 Å². The molecule has 0 spiro atoms. The van der Waals surface area contributed by atoms with E-state index in [0.717, 1.165) is 23.3 Å². The van der Waals surface area contributed by atoms with Gasteiger partial charge in [0, 0.05) is 19.3 Å². The zero-order chi connectivity index (χ0) is 19.1. The standard InChI is InChI=1S/C13H15N7O6/c21-11(7-18-5-9(3-16-18)13(23)24)14-1-2-15-12(22)8-19-6-10(4-17-19)20(25)26/h3-6H,1-2,7-8H2,(H,14,21)(H,15,22)(H,23,24). The summed E-state index contributed by atoms with van der Waals surface area (Å²) in [5.74, 6) is -1.96. The average Bonchev–Trinajstić information content (AvgIpc) is 3.21. The summed E-state index contributed by atoms with van der Waals surface area (Å²) in [6.45, 7) is -0.0461. The summed E-state index contributed by atoms with van der Waals surface area (Å²) in [4.78, 5) is 44.0. The molecule has 0 saturated carbocycles. The van der Waals surface area contributed by atoms with Gasteiger partial charge in [-0.25, -0.2) is 4.79 Å². The molecule has 0 unspecified atom stereocenters. The molecular weight excluding hydrogens is 350 g/mol. The smallest absolute Gasteiger partial charge is 0.338 e. The van der Waals surface area contributed by atoms with Crippen LogP contribution in [-0.2, 0) is 22.7 Å². The third-order valence-corrected chi connectivity index (χ3v) is 3.09. The van der Waals surface area contributed by atoms with Gasteiger partial charge in [-0.3, -0.25) is 29.1 Å². The molecule has 0 aromatic carbocycles. The van der Waals surface area contributed by atoms with Crippen LogP contribution in [0, 0.1) is 10.1 Å². The number of nitrogens with one attached hydrogen (secondary N) is 2. The van der Waals surface area contributed by atoms with Gasteiger partial charge < -0.3 is 15.7 Å². The second-order valence-corrected chi connectivity index (χ2v) is 5.08. The molecule has 2 aromatic heterocycles. The van der Waals surface area contributed by atoms with Gasteiger partial charge in [0.2, 0.25) is 11.8 Å². The van der Waals surface area contributed by atoms with Gasteiger partial charge in [-0.1, -0.05) is 0 Å². The van der Waals surface area contributed by atoms with Crippen molar-refractivity contribution in [3.05, 3.63) is 40.5 Å². The maximum Gasteiger partial charge on any atom is 0.338 e. The Morgan fingerprint density at radius 2 is 1.58 bits per heavy atom. The lowest BCUT2D eigenvalue weighted by atomic mass is 10.4. The van der Waals surface area contributed by atoms with Gasteiger partial charge in [-0.2, -0.15) is 10.2 Å². The molecule has 0 aliphatic heterocycles. The van der Waals surface area contributed by atoms with Crippen molar-refractivity contribution in [2.24, 2.45) is 0 Å². The number of nitrogens with zero attached hydrogens (tertiary/aromatic N) is 5. The minimum absolute atomic E-state index is 0.0241. The van der Waals surface area contributed by atoms with E-state index in [1.165, 1.54) is 10.9 Å². The predicted octanol–water partition coefficient (Wildman–Crippen LogP) is -1.38. The number of carbonyl (C=O) groups is 3. The number of nitro groups is 1. The summed E-state index contributed by atoms with van der Waals surface area (Å²) in [6, 6.07) is 0. The van der Waals surface area contributed by atoms with Crippen molar-refractivity contribution >= 4 is 23.5 Å². The number of amides is 2. The van der Waals surface area contributed by atoms with Crippen molar-refractivity contribution in [3.8, 4) is 0 Å². The zero-order valence-corrected chi connectivity index (χ0v) is 13.4. The summed E-state index contributed by atoms with van der Waals surface area (Å²) in [5, 5.41) is 31.8. The Morgan fingerprint density at radius 3 is 2.04 bits per heavy atom. The number of aromatic nitrogens is 4. The van der Waals surface area contributed by atoms with E-state index in [1.807, 2.05) is 0 Å². The highest BCUT2D eigenvalue weighted by Crippen LogP contribution is 2.07. The monoisotopic (exact) mass is 365 g/mol. The zero-order valence-electron chi connectivity index (χ0n) is 13.4. The van der Waals surface area contributed by atoms with Gasteiger partial charge in [0.1, 0.15) is 25.5 Å².